The summed E-state index contributed by atoms with van der Waals surface area (Å²) in [5, 5.41) is 9.47. The molecule has 0 radical (unpaired) electrons. The van der Waals surface area contributed by atoms with E-state index in [9.17, 15) is 0 Å². The molecule has 0 saturated carbocycles. The van der Waals surface area contributed by atoms with Gasteiger partial charge in [-0.25, -0.2) is 0 Å². The van der Waals surface area contributed by atoms with Crippen molar-refractivity contribution < 1.29 is 0 Å². The van der Waals surface area contributed by atoms with Crippen molar-refractivity contribution in [2.75, 3.05) is 6.54 Å². The number of halogens is 1. The monoisotopic (exact) mass is 293 g/mol. The maximum Gasteiger partial charge on any atom is 0.107 e. The van der Waals surface area contributed by atoms with E-state index in [1.165, 1.54) is 23.9 Å². The molecule has 1 aromatic carbocycles. The molecule has 3 rings (SSSR count). The van der Waals surface area contributed by atoms with Gasteiger partial charge in [-0.2, -0.15) is 5.10 Å². The van der Waals surface area contributed by atoms with E-state index in [-0.39, 0.29) is 0 Å². The van der Waals surface area contributed by atoms with Crippen LogP contribution < -0.4 is 5.32 Å². The largest absolute Gasteiger partial charge is 0.312 e. The molecule has 1 aliphatic heterocycles. The van der Waals surface area contributed by atoms with E-state index in [4.69, 9.17) is 5.10 Å². The second-order valence-corrected chi connectivity index (χ2v) is 5.55. The van der Waals surface area contributed by atoms with Crippen LogP contribution in [0.25, 0.3) is 10.9 Å². The quantitative estimate of drug-likeness (QED) is 0.923. The van der Waals surface area contributed by atoms with Gasteiger partial charge in [0.05, 0.1) is 6.54 Å². The highest BCUT2D eigenvalue weighted by atomic mass is 79.9. The number of hydrogen-bond donors (Lipinski definition) is 1. The maximum atomic E-state index is 4.71. The van der Waals surface area contributed by atoms with E-state index in [2.05, 4.69) is 45.0 Å². The van der Waals surface area contributed by atoms with Crippen LogP contribution in [-0.4, -0.2) is 22.4 Å². The highest BCUT2D eigenvalue weighted by Gasteiger charge is 2.17. The normalized spacial score (nSPS) is 20.2. The molecule has 1 aromatic heterocycles. The molecular formula is C13H16BrN3. The van der Waals surface area contributed by atoms with E-state index in [0.29, 0.717) is 6.04 Å². The third kappa shape index (κ3) is 2.00. The molecule has 0 aliphatic carbocycles. The van der Waals surface area contributed by atoms with Gasteiger partial charge in [-0.05, 0) is 48.3 Å². The minimum Gasteiger partial charge on any atom is -0.312 e. The van der Waals surface area contributed by atoms with Crippen molar-refractivity contribution >= 4 is 26.8 Å². The number of benzene rings is 1. The molecule has 17 heavy (non-hydrogen) atoms. The lowest BCUT2D eigenvalue weighted by Crippen LogP contribution is -2.27. The summed E-state index contributed by atoms with van der Waals surface area (Å²) in [5.41, 5.74) is 2.33. The zero-order chi connectivity index (χ0) is 11.8. The van der Waals surface area contributed by atoms with Gasteiger partial charge in [-0.1, -0.05) is 12.1 Å². The van der Waals surface area contributed by atoms with Crippen LogP contribution in [0, 0.1) is 6.92 Å². The predicted octanol–water partition coefficient (Wildman–Crippen LogP) is 2.86. The molecule has 3 nitrogen and oxygen atoms in total. The average molecular weight is 294 g/mol. The number of rotatable bonds is 2. The average Bonchev–Trinajstić information content (AvgIpc) is 2.92. The standard InChI is InChI=1S/C13H16BrN3/c1-9-11-5-2-6-12(14)13(11)16-17(9)8-10-4-3-7-15-10/h2,5-6,10,15H,3-4,7-8H2,1H3. The van der Waals surface area contributed by atoms with Crippen LogP contribution in [0.2, 0.25) is 0 Å². The van der Waals surface area contributed by atoms with Crippen LogP contribution in [0.3, 0.4) is 0 Å². The predicted molar refractivity (Wildman–Crippen MR) is 73.2 cm³/mol. The fourth-order valence-corrected chi connectivity index (χ4v) is 2.99. The number of nitrogens with one attached hydrogen (secondary N) is 1. The highest BCUT2D eigenvalue weighted by Crippen LogP contribution is 2.25. The Hall–Kier alpha value is -0.870. The summed E-state index contributed by atoms with van der Waals surface area (Å²) in [5.74, 6) is 0. The summed E-state index contributed by atoms with van der Waals surface area (Å²) < 4.78 is 3.22. The van der Waals surface area contributed by atoms with Crippen molar-refractivity contribution in [1.29, 1.82) is 0 Å². The van der Waals surface area contributed by atoms with Crippen LogP contribution in [0.1, 0.15) is 18.5 Å². The third-order valence-corrected chi connectivity index (χ3v) is 4.18. The summed E-state index contributed by atoms with van der Waals surface area (Å²) >= 11 is 3.57. The van der Waals surface area contributed by atoms with E-state index in [0.717, 1.165) is 23.1 Å². The van der Waals surface area contributed by atoms with Gasteiger partial charge in [0.2, 0.25) is 0 Å². The molecule has 0 amide bonds. The molecule has 1 fully saturated rings. The summed E-state index contributed by atoms with van der Waals surface area (Å²) in [6.45, 7) is 4.28. The first-order valence-corrected chi connectivity index (χ1v) is 6.90. The van der Waals surface area contributed by atoms with Crippen molar-refractivity contribution in [3.8, 4) is 0 Å². The van der Waals surface area contributed by atoms with Crippen molar-refractivity contribution in [2.45, 2.75) is 32.4 Å². The van der Waals surface area contributed by atoms with Crippen molar-refractivity contribution in [2.24, 2.45) is 0 Å². The fourth-order valence-electron chi connectivity index (χ4n) is 2.54. The Morgan fingerprint density at radius 1 is 1.53 bits per heavy atom. The maximum absolute atomic E-state index is 4.71. The van der Waals surface area contributed by atoms with Crippen LogP contribution in [0.5, 0.6) is 0 Å². The summed E-state index contributed by atoms with van der Waals surface area (Å²) in [4.78, 5) is 0. The second kappa shape index (κ2) is 4.42. The summed E-state index contributed by atoms with van der Waals surface area (Å²) in [6.07, 6.45) is 2.55. The lowest BCUT2D eigenvalue weighted by atomic mass is 10.2. The number of fused-ring (bicyclic) bond motifs is 1. The van der Waals surface area contributed by atoms with E-state index >= 15 is 0 Å². The molecule has 1 saturated heterocycles. The number of nitrogens with zero attached hydrogens (tertiary/aromatic N) is 2. The lowest BCUT2D eigenvalue weighted by molar-refractivity contribution is 0.471. The van der Waals surface area contributed by atoms with Gasteiger partial charge >= 0.3 is 0 Å². The van der Waals surface area contributed by atoms with Crippen LogP contribution in [0.15, 0.2) is 22.7 Å². The lowest BCUT2D eigenvalue weighted by Gasteiger charge is -2.11. The second-order valence-electron chi connectivity index (χ2n) is 4.70. The molecule has 1 N–H and O–H groups in total. The van der Waals surface area contributed by atoms with E-state index in [1.54, 1.807) is 0 Å². The van der Waals surface area contributed by atoms with Crippen molar-refractivity contribution in [1.82, 2.24) is 15.1 Å². The summed E-state index contributed by atoms with van der Waals surface area (Å²) in [6, 6.07) is 6.84. The van der Waals surface area contributed by atoms with Gasteiger partial charge < -0.3 is 5.32 Å². The minimum atomic E-state index is 0.585. The Morgan fingerprint density at radius 2 is 2.41 bits per heavy atom. The Morgan fingerprint density at radius 3 is 3.12 bits per heavy atom. The first kappa shape index (κ1) is 11.2. The Kier molecular flexibility index (Phi) is 2.92. The van der Waals surface area contributed by atoms with Gasteiger partial charge in [0, 0.05) is 21.6 Å². The van der Waals surface area contributed by atoms with Gasteiger partial charge in [0.1, 0.15) is 5.52 Å². The molecule has 90 valence electrons. The fraction of sp³-hybridized carbons (Fsp3) is 0.462. The molecule has 1 unspecified atom stereocenters. The van der Waals surface area contributed by atoms with Crippen molar-refractivity contribution in [3.05, 3.63) is 28.4 Å². The smallest absolute Gasteiger partial charge is 0.107 e. The Labute approximate surface area is 109 Å². The topological polar surface area (TPSA) is 29.9 Å². The van der Waals surface area contributed by atoms with Gasteiger partial charge in [0.25, 0.3) is 0 Å². The van der Waals surface area contributed by atoms with Gasteiger partial charge in [-0.15, -0.1) is 0 Å². The minimum absolute atomic E-state index is 0.585. The van der Waals surface area contributed by atoms with Gasteiger partial charge in [0.15, 0.2) is 0 Å². The van der Waals surface area contributed by atoms with Crippen LogP contribution in [0.4, 0.5) is 0 Å². The summed E-state index contributed by atoms with van der Waals surface area (Å²) in [7, 11) is 0. The third-order valence-electron chi connectivity index (χ3n) is 3.54. The highest BCUT2D eigenvalue weighted by molar-refractivity contribution is 9.10. The molecule has 1 atom stereocenters. The van der Waals surface area contributed by atoms with Crippen LogP contribution >= 0.6 is 15.9 Å². The zero-order valence-electron chi connectivity index (χ0n) is 9.91. The number of aryl methyl sites for hydroxylation is 1. The number of hydrogen-bond acceptors (Lipinski definition) is 2. The molecule has 0 bridgehead atoms. The Bertz CT molecular complexity index is 541. The molecule has 2 aromatic rings. The zero-order valence-corrected chi connectivity index (χ0v) is 11.5. The molecule has 4 heteroatoms. The molecule has 1 aliphatic rings. The SMILES string of the molecule is Cc1c2cccc(Br)c2nn1CC1CCCN1. The number of aromatic nitrogens is 2. The van der Waals surface area contributed by atoms with Crippen LogP contribution in [-0.2, 0) is 6.54 Å². The van der Waals surface area contributed by atoms with E-state index in [1.807, 2.05) is 6.07 Å². The first-order chi connectivity index (χ1) is 8.25. The first-order valence-electron chi connectivity index (χ1n) is 6.11. The Balaban J connectivity index is 1.99. The molecule has 2 heterocycles. The van der Waals surface area contributed by atoms with Gasteiger partial charge in [-0.3, -0.25) is 4.68 Å². The van der Waals surface area contributed by atoms with Crippen molar-refractivity contribution in [3.63, 3.8) is 0 Å². The van der Waals surface area contributed by atoms with E-state index < -0.39 is 0 Å². The molecular weight excluding hydrogens is 278 g/mol. The molecule has 0 spiro atoms.